The number of hydrogen-bond donors (Lipinski definition) is 0. The van der Waals surface area contributed by atoms with Crippen LogP contribution >= 0.6 is 40.2 Å². The van der Waals surface area contributed by atoms with Crippen molar-refractivity contribution in [3.63, 3.8) is 0 Å². The molecule has 0 radical (unpaired) electrons. The van der Waals surface area contributed by atoms with Gasteiger partial charge in [0.05, 0.1) is 23.0 Å². The van der Waals surface area contributed by atoms with Gasteiger partial charge in [-0.1, -0.05) is 81.9 Å². The van der Waals surface area contributed by atoms with E-state index in [4.69, 9.17) is 49.1 Å². The summed E-state index contributed by atoms with van der Waals surface area (Å²) in [5.41, 5.74) is 14.0. The third kappa shape index (κ3) is 9.28. The normalized spacial score (nSPS) is 11.0. The summed E-state index contributed by atoms with van der Waals surface area (Å²) < 4.78 is 11.6. The van der Waals surface area contributed by atoms with Crippen molar-refractivity contribution in [2.75, 3.05) is 0 Å². The Bertz CT molecular complexity index is 2520. The van der Waals surface area contributed by atoms with Gasteiger partial charge in [-0.2, -0.15) is 0 Å². The van der Waals surface area contributed by atoms with Gasteiger partial charge in [-0.3, -0.25) is 0 Å². The van der Waals surface area contributed by atoms with E-state index >= 15 is 0 Å². The van der Waals surface area contributed by atoms with Crippen molar-refractivity contribution in [2.24, 2.45) is 0 Å². The summed E-state index contributed by atoms with van der Waals surface area (Å²) in [6, 6.07) is 34.4. The molecule has 2 heterocycles. The molecule has 0 atom stereocenters. The Hall–Kier alpha value is -3.08. The molecule has 0 unspecified atom stereocenters. The van der Waals surface area contributed by atoms with Crippen LogP contribution in [0.3, 0.4) is 0 Å². The zero-order chi connectivity index (χ0) is 40.6. The van der Waals surface area contributed by atoms with Crippen LogP contribution in [0, 0.1) is 55.4 Å². The Kier molecular flexibility index (Phi) is 13.5. The molecule has 6 aromatic carbocycles. The maximum atomic E-state index is 6.37. The summed E-state index contributed by atoms with van der Waals surface area (Å²) in [7, 11) is 11.2. The van der Waals surface area contributed by atoms with Crippen LogP contribution in [-0.2, 0) is 18.0 Å². The average molecular weight is 916 g/mol. The average Bonchev–Trinajstić information content (AvgIpc) is 3.96. The smallest absolute Gasteiger partial charge is 0.0896 e. The van der Waals surface area contributed by atoms with E-state index in [0.717, 1.165) is 66.5 Å². The van der Waals surface area contributed by atoms with E-state index in [2.05, 4.69) is 127 Å². The number of fused-ring (bicyclic) bond motifs is 2. The van der Waals surface area contributed by atoms with Gasteiger partial charge in [-0.25, -0.2) is 0 Å². The molecule has 0 fully saturated rings. The summed E-state index contributed by atoms with van der Waals surface area (Å²) in [4.78, 5) is 0. The van der Waals surface area contributed by atoms with Gasteiger partial charge >= 0.3 is 53.5 Å². The molecule has 0 aliphatic carbocycles. The van der Waals surface area contributed by atoms with Crippen LogP contribution in [0.2, 0.25) is 23.1 Å². The maximum Gasteiger partial charge on any atom is 0.0896 e. The monoisotopic (exact) mass is 912 g/mol. The third-order valence-corrected chi connectivity index (χ3v) is 31.0. The molecule has 0 spiro atoms. The molecule has 2 nitrogen and oxygen atoms in total. The second-order valence-electron chi connectivity index (χ2n) is 14.9. The Morgan fingerprint density at radius 1 is 0.482 bits per heavy atom. The Morgan fingerprint density at radius 2 is 0.821 bits per heavy atom. The number of rotatable bonds is 4. The Labute approximate surface area is 356 Å². The van der Waals surface area contributed by atoms with Crippen LogP contribution in [0.25, 0.3) is 66.4 Å². The molecule has 56 heavy (non-hydrogen) atoms. The van der Waals surface area contributed by atoms with Gasteiger partial charge in [0.2, 0.25) is 0 Å². The van der Waals surface area contributed by atoms with E-state index in [9.17, 15) is 0 Å². The van der Waals surface area contributed by atoms with E-state index in [-0.39, 0.29) is 5.43 Å². The van der Waals surface area contributed by atoms with Crippen LogP contribution in [0.5, 0.6) is 0 Å². The van der Waals surface area contributed by atoms with Gasteiger partial charge in [0.25, 0.3) is 0 Å². The SMILES string of the molecule is C[Si](C)=[Zr]([Cl])[Cl].Cc1ccc(-c2cc3c(-c4cc(C)c(Cl)c(C)c4)c(C)ccc3[cH-]2)o1.Cc1ccc(-c2cc3c(-c4cc(C)c(Cl)c(C)c4)c(C)ccc3[cH-]2)o1. The van der Waals surface area contributed by atoms with E-state index in [0.29, 0.717) is 0 Å². The summed E-state index contributed by atoms with van der Waals surface area (Å²) in [6.07, 6.45) is 0. The van der Waals surface area contributed by atoms with Crippen LogP contribution < -0.4 is 0 Å². The van der Waals surface area contributed by atoms with Crippen LogP contribution in [-0.4, -0.2) is 5.43 Å². The number of furan rings is 2. The summed E-state index contributed by atoms with van der Waals surface area (Å²) >= 11 is 11.1. The molecular weight excluding hydrogens is 870 g/mol. The zero-order valence-electron chi connectivity index (χ0n) is 33.6. The van der Waals surface area contributed by atoms with Crippen LogP contribution in [0.4, 0.5) is 0 Å². The van der Waals surface area contributed by atoms with E-state index in [1.54, 1.807) is 0 Å². The first-order valence-electron chi connectivity index (χ1n) is 18.6. The molecule has 0 bridgehead atoms. The molecule has 0 aliphatic rings. The van der Waals surface area contributed by atoms with E-state index in [1.165, 1.54) is 54.9 Å². The van der Waals surface area contributed by atoms with Gasteiger partial charge in [0.1, 0.15) is 0 Å². The molecule has 8 rings (SSSR count). The molecule has 8 aromatic rings. The number of hydrogen-bond acceptors (Lipinski definition) is 2. The maximum absolute atomic E-state index is 6.37. The van der Waals surface area contributed by atoms with Gasteiger partial charge in [0.15, 0.2) is 0 Å². The second kappa shape index (κ2) is 17.8. The van der Waals surface area contributed by atoms with Crippen molar-refractivity contribution in [3.05, 3.63) is 152 Å². The first-order valence-corrected chi connectivity index (χ1v) is 31.9. The number of benzene rings is 4. The molecule has 0 N–H and O–H groups in total. The minimum Gasteiger partial charge on any atom is -0.496 e. The van der Waals surface area contributed by atoms with Gasteiger partial charge < -0.3 is 8.83 Å². The molecule has 8 heteroatoms. The van der Waals surface area contributed by atoms with Gasteiger partial charge in [0, 0.05) is 10.0 Å². The fourth-order valence-electron chi connectivity index (χ4n) is 7.19. The minimum atomic E-state index is -1.65. The topological polar surface area (TPSA) is 26.3 Å². The van der Waals surface area contributed by atoms with Crippen molar-refractivity contribution in [3.8, 4) is 44.9 Å². The molecule has 2 aromatic heterocycles. The Balaban J connectivity index is 0.000000166. The van der Waals surface area contributed by atoms with Crippen molar-refractivity contribution in [1.82, 2.24) is 0 Å². The molecule has 288 valence electrons. The van der Waals surface area contributed by atoms with E-state index in [1.807, 2.05) is 38.1 Å². The second-order valence-corrected chi connectivity index (χ2v) is 38.7. The molecular formula is C48H46Cl4O2SiZr-2. The third-order valence-electron chi connectivity index (χ3n) is 10.1. The predicted octanol–water partition coefficient (Wildman–Crippen LogP) is 16.9. The summed E-state index contributed by atoms with van der Waals surface area (Å²) in [6.45, 7) is 20.9. The van der Waals surface area contributed by atoms with Crippen molar-refractivity contribution >= 4 is 67.2 Å². The summed E-state index contributed by atoms with van der Waals surface area (Å²) in [5, 5.41) is 6.67. The largest absolute Gasteiger partial charge is 0.496 e. The van der Waals surface area contributed by atoms with Crippen LogP contribution in [0.1, 0.15) is 44.9 Å². The predicted molar refractivity (Wildman–Crippen MR) is 242 cm³/mol. The van der Waals surface area contributed by atoms with Crippen molar-refractivity contribution < 1.29 is 26.8 Å². The Morgan fingerprint density at radius 3 is 1.11 bits per heavy atom. The van der Waals surface area contributed by atoms with Crippen molar-refractivity contribution in [2.45, 2.75) is 68.5 Å². The zero-order valence-corrected chi connectivity index (χ0v) is 40.0. The molecule has 0 saturated carbocycles. The van der Waals surface area contributed by atoms with Crippen molar-refractivity contribution in [1.29, 1.82) is 0 Å². The standard InChI is InChI=1S/2C23H20ClO.C2H6Si.2ClH.Zr/c2*1-13-5-7-17-11-18(21-8-6-16(4)25-21)12-20(17)22(13)19-9-14(2)23(24)15(3)10-19;1-3-2;;;/h2*5-12H,1-4H3;1-2H3;2*1H;/q2*-1;;;;+2/p-2. The fraction of sp³-hybridized carbons (Fsp3) is 0.208. The first kappa shape index (κ1) is 42.5. The first-order chi connectivity index (χ1) is 26.5. The molecule has 0 aliphatic heterocycles. The fourth-order valence-corrected chi connectivity index (χ4v) is 7.41. The summed E-state index contributed by atoms with van der Waals surface area (Å²) in [5.74, 6) is 3.70. The van der Waals surface area contributed by atoms with E-state index < -0.39 is 18.0 Å². The molecule has 0 saturated heterocycles. The quantitative estimate of drug-likeness (QED) is 0.130. The van der Waals surface area contributed by atoms with Gasteiger partial charge in [-0.05, 0) is 124 Å². The number of aryl methyl sites for hydroxylation is 8. The molecule has 0 amide bonds. The van der Waals surface area contributed by atoms with Crippen LogP contribution in [0.15, 0.2) is 106 Å². The number of halogens is 4. The van der Waals surface area contributed by atoms with Gasteiger partial charge in [-0.15, -0.1) is 57.9 Å². The minimum absolute atomic E-state index is 0.224.